The quantitative estimate of drug-likeness (QED) is 0.644. The lowest BCUT2D eigenvalue weighted by molar-refractivity contribution is -0.128. The summed E-state index contributed by atoms with van der Waals surface area (Å²) < 4.78 is 13.5. The van der Waals surface area contributed by atoms with Crippen molar-refractivity contribution >= 4 is 22.7 Å². The molecule has 0 bridgehead atoms. The fraction of sp³-hybridized carbons (Fsp3) is 0.111. The van der Waals surface area contributed by atoms with Gasteiger partial charge in [-0.15, -0.1) is 0 Å². The molecule has 0 aliphatic rings. The summed E-state index contributed by atoms with van der Waals surface area (Å²) in [5.41, 5.74) is 6.72. The average molecular weight is 325 g/mol. The molecule has 5 nitrogen and oxygen atoms in total. The fourth-order valence-electron chi connectivity index (χ4n) is 2.49. The van der Waals surface area contributed by atoms with E-state index in [0.29, 0.717) is 0 Å². The molecule has 2 amide bonds. The number of hydrogen-bond donors (Lipinski definition) is 3. The van der Waals surface area contributed by atoms with Crippen LogP contribution in [0, 0.1) is 5.82 Å². The topological polar surface area (TPSA) is 74.0 Å². The molecule has 0 spiro atoms. The SMILES string of the molecule is O=C(Cc1ccccc1F)NNC(=O)Cc1c[nH]c2ccccc12. The molecule has 0 unspecified atom stereocenters. The molecule has 1 aromatic heterocycles. The number of H-pyrrole nitrogens is 1. The van der Waals surface area contributed by atoms with Crippen LogP contribution in [0.3, 0.4) is 0 Å². The van der Waals surface area contributed by atoms with Crippen LogP contribution in [0.2, 0.25) is 0 Å². The Morgan fingerprint density at radius 2 is 1.50 bits per heavy atom. The minimum Gasteiger partial charge on any atom is -0.361 e. The molecule has 1 heterocycles. The average Bonchev–Trinajstić information content (AvgIpc) is 2.98. The van der Waals surface area contributed by atoms with Crippen molar-refractivity contribution in [1.82, 2.24) is 15.8 Å². The Hall–Kier alpha value is -3.15. The van der Waals surface area contributed by atoms with Gasteiger partial charge in [-0.05, 0) is 23.3 Å². The van der Waals surface area contributed by atoms with Crippen molar-refractivity contribution in [3.05, 3.63) is 71.7 Å². The van der Waals surface area contributed by atoms with Crippen LogP contribution in [0.15, 0.2) is 54.7 Å². The predicted molar refractivity (Wildman–Crippen MR) is 88.4 cm³/mol. The molecule has 3 aromatic rings. The summed E-state index contributed by atoms with van der Waals surface area (Å²) in [6.45, 7) is 0. The monoisotopic (exact) mass is 325 g/mol. The second kappa shape index (κ2) is 6.95. The third-order valence-electron chi connectivity index (χ3n) is 3.68. The van der Waals surface area contributed by atoms with Crippen molar-refractivity contribution in [2.45, 2.75) is 12.8 Å². The van der Waals surface area contributed by atoms with Gasteiger partial charge in [0, 0.05) is 17.1 Å². The zero-order valence-electron chi connectivity index (χ0n) is 12.8. The number of benzene rings is 2. The van der Waals surface area contributed by atoms with Crippen LogP contribution in [-0.2, 0) is 22.4 Å². The summed E-state index contributed by atoms with van der Waals surface area (Å²) in [5, 5.41) is 0.963. The van der Waals surface area contributed by atoms with E-state index in [1.807, 2.05) is 24.3 Å². The molecule has 0 fully saturated rings. The number of amides is 2. The van der Waals surface area contributed by atoms with Gasteiger partial charge in [-0.1, -0.05) is 36.4 Å². The molecular formula is C18H16FN3O2. The maximum atomic E-state index is 13.5. The smallest absolute Gasteiger partial charge is 0.242 e. The predicted octanol–water partition coefficient (Wildman–Crippen LogP) is 2.24. The Labute approximate surface area is 137 Å². The Morgan fingerprint density at radius 3 is 2.25 bits per heavy atom. The minimum absolute atomic E-state index is 0.129. The van der Waals surface area contributed by atoms with Crippen molar-refractivity contribution in [1.29, 1.82) is 0 Å². The van der Waals surface area contributed by atoms with Crippen molar-refractivity contribution in [3.63, 3.8) is 0 Å². The minimum atomic E-state index is -0.479. The molecule has 0 aliphatic carbocycles. The molecule has 3 N–H and O–H groups in total. The van der Waals surface area contributed by atoms with Crippen LogP contribution in [0.25, 0.3) is 10.9 Å². The number of para-hydroxylation sites is 1. The van der Waals surface area contributed by atoms with Crippen molar-refractivity contribution < 1.29 is 14.0 Å². The number of fused-ring (bicyclic) bond motifs is 1. The van der Waals surface area contributed by atoms with Crippen LogP contribution in [0.4, 0.5) is 4.39 Å². The number of hydrogen-bond acceptors (Lipinski definition) is 2. The third-order valence-corrected chi connectivity index (χ3v) is 3.68. The number of carbonyl (C=O) groups is 2. The third kappa shape index (κ3) is 3.60. The Bertz CT molecular complexity index is 889. The van der Waals surface area contributed by atoms with E-state index in [-0.39, 0.29) is 24.3 Å². The molecule has 0 aliphatic heterocycles. The lowest BCUT2D eigenvalue weighted by Gasteiger charge is -2.07. The summed E-state index contributed by atoms with van der Waals surface area (Å²) in [5.74, 6) is -1.27. The Morgan fingerprint density at radius 1 is 0.875 bits per heavy atom. The number of aromatic nitrogens is 1. The molecule has 24 heavy (non-hydrogen) atoms. The molecule has 0 atom stereocenters. The van der Waals surface area contributed by atoms with E-state index in [9.17, 15) is 14.0 Å². The van der Waals surface area contributed by atoms with Crippen LogP contribution in [-0.4, -0.2) is 16.8 Å². The van der Waals surface area contributed by atoms with E-state index in [1.54, 1.807) is 18.3 Å². The van der Waals surface area contributed by atoms with Crippen LogP contribution in [0.1, 0.15) is 11.1 Å². The number of carbonyl (C=O) groups excluding carboxylic acids is 2. The zero-order valence-corrected chi connectivity index (χ0v) is 12.8. The number of halogens is 1. The lowest BCUT2D eigenvalue weighted by Crippen LogP contribution is -2.43. The molecule has 0 radical (unpaired) electrons. The van der Waals surface area contributed by atoms with Crippen LogP contribution in [0.5, 0.6) is 0 Å². The highest BCUT2D eigenvalue weighted by Crippen LogP contribution is 2.17. The van der Waals surface area contributed by atoms with Gasteiger partial charge < -0.3 is 4.98 Å². The van der Waals surface area contributed by atoms with Crippen molar-refractivity contribution in [2.75, 3.05) is 0 Å². The number of hydrazine groups is 1. The van der Waals surface area contributed by atoms with Gasteiger partial charge in [0.05, 0.1) is 12.8 Å². The second-order valence-corrected chi connectivity index (χ2v) is 5.40. The first-order valence-electron chi connectivity index (χ1n) is 7.49. The van der Waals surface area contributed by atoms with Gasteiger partial charge in [-0.3, -0.25) is 20.4 Å². The van der Waals surface area contributed by atoms with Crippen molar-refractivity contribution in [2.24, 2.45) is 0 Å². The van der Waals surface area contributed by atoms with E-state index >= 15 is 0 Å². The van der Waals surface area contributed by atoms with E-state index in [0.717, 1.165) is 16.5 Å². The van der Waals surface area contributed by atoms with Crippen molar-refractivity contribution in [3.8, 4) is 0 Å². The molecule has 122 valence electrons. The van der Waals surface area contributed by atoms with Gasteiger partial charge >= 0.3 is 0 Å². The highest BCUT2D eigenvalue weighted by molar-refractivity contribution is 5.90. The lowest BCUT2D eigenvalue weighted by atomic mass is 10.1. The number of nitrogens with one attached hydrogen (secondary N) is 3. The summed E-state index contributed by atoms with van der Waals surface area (Å²) in [6.07, 6.45) is 1.76. The highest BCUT2D eigenvalue weighted by Gasteiger charge is 2.11. The first kappa shape index (κ1) is 15.7. The van der Waals surface area contributed by atoms with Gasteiger partial charge in [0.15, 0.2) is 0 Å². The Kier molecular flexibility index (Phi) is 4.56. The first-order valence-corrected chi connectivity index (χ1v) is 7.49. The van der Waals surface area contributed by atoms with Gasteiger partial charge in [-0.2, -0.15) is 0 Å². The normalized spacial score (nSPS) is 10.5. The summed E-state index contributed by atoms with van der Waals surface area (Å²) in [6, 6.07) is 13.7. The molecule has 3 rings (SSSR count). The molecule has 6 heteroatoms. The Balaban J connectivity index is 1.54. The standard InChI is InChI=1S/C18H16FN3O2/c19-15-7-3-1-5-12(15)9-17(23)21-22-18(24)10-13-11-20-16-8-4-2-6-14(13)16/h1-8,11,20H,9-10H2,(H,21,23)(H,22,24). The summed E-state index contributed by atoms with van der Waals surface area (Å²) in [7, 11) is 0. The number of rotatable bonds is 4. The molecule has 2 aromatic carbocycles. The summed E-state index contributed by atoms with van der Waals surface area (Å²) >= 11 is 0. The van der Waals surface area contributed by atoms with Gasteiger partial charge in [0.25, 0.3) is 0 Å². The fourth-order valence-corrected chi connectivity index (χ4v) is 2.49. The van der Waals surface area contributed by atoms with Crippen LogP contribution < -0.4 is 10.9 Å². The summed E-state index contributed by atoms with van der Waals surface area (Å²) in [4.78, 5) is 26.8. The molecular weight excluding hydrogens is 309 g/mol. The van der Waals surface area contributed by atoms with E-state index in [4.69, 9.17) is 0 Å². The van der Waals surface area contributed by atoms with Gasteiger partial charge in [0.2, 0.25) is 11.8 Å². The van der Waals surface area contributed by atoms with E-state index in [2.05, 4.69) is 15.8 Å². The van der Waals surface area contributed by atoms with E-state index in [1.165, 1.54) is 12.1 Å². The molecule has 0 saturated carbocycles. The zero-order chi connectivity index (χ0) is 16.9. The maximum Gasteiger partial charge on any atom is 0.242 e. The van der Waals surface area contributed by atoms with Gasteiger partial charge in [0.1, 0.15) is 5.82 Å². The second-order valence-electron chi connectivity index (χ2n) is 5.40. The maximum absolute atomic E-state index is 13.5. The highest BCUT2D eigenvalue weighted by atomic mass is 19.1. The van der Waals surface area contributed by atoms with Gasteiger partial charge in [-0.25, -0.2) is 4.39 Å². The number of aromatic amines is 1. The first-order chi connectivity index (χ1) is 11.6. The van der Waals surface area contributed by atoms with Crippen LogP contribution >= 0.6 is 0 Å². The van der Waals surface area contributed by atoms with E-state index < -0.39 is 11.7 Å². The largest absolute Gasteiger partial charge is 0.361 e. The molecule has 0 saturated heterocycles.